The average Bonchev–Trinajstić information content (AvgIpc) is 2.44. The number of hydrogen-bond acceptors (Lipinski definition) is 3. The van der Waals surface area contributed by atoms with Crippen molar-refractivity contribution in [3.8, 4) is 0 Å². The third-order valence-electron chi connectivity index (χ3n) is 2.04. The minimum atomic E-state index is -0.532. The lowest BCUT2D eigenvalue weighted by atomic mass is 10.2. The maximum atomic E-state index is 11.5. The minimum absolute atomic E-state index is 0.198. The monoisotopic (exact) mass is 197 g/mol. The molecular formula is C9H15N3O2. The first-order chi connectivity index (χ1) is 6.52. The molecule has 0 unspecified atom stereocenters. The van der Waals surface area contributed by atoms with Gasteiger partial charge < -0.3 is 10.4 Å². The molecule has 5 nitrogen and oxygen atoms in total. The van der Waals surface area contributed by atoms with Gasteiger partial charge in [0, 0.05) is 19.3 Å². The molecule has 0 aliphatic heterocycles. The van der Waals surface area contributed by atoms with Gasteiger partial charge in [-0.05, 0) is 13.8 Å². The van der Waals surface area contributed by atoms with Gasteiger partial charge in [-0.3, -0.25) is 9.48 Å². The summed E-state index contributed by atoms with van der Waals surface area (Å²) in [6.07, 6.45) is 0.989. The first-order valence-corrected chi connectivity index (χ1v) is 4.47. The summed E-state index contributed by atoms with van der Waals surface area (Å²) in [6.45, 7) is 3.70. The van der Waals surface area contributed by atoms with E-state index in [4.69, 9.17) is 5.11 Å². The van der Waals surface area contributed by atoms with Gasteiger partial charge in [0.2, 0.25) is 0 Å². The minimum Gasteiger partial charge on any atom is -0.392 e. The van der Waals surface area contributed by atoms with Crippen molar-refractivity contribution in [1.29, 1.82) is 0 Å². The van der Waals surface area contributed by atoms with Crippen LogP contribution in [0.2, 0.25) is 0 Å². The highest BCUT2D eigenvalue weighted by molar-refractivity contribution is 5.95. The van der Waals surface area contributed by atoms with Crippen LogP contribution in [0.5, 0.6) is 0 Å². The predicted molar refractivity (Wildman–Crippen MR) is 52.0 cm³/mol. The van der Waals surface area contributed by atoms with E-state index in [1.165, 1.54) is 6.20 Å². The molecule has 1 heterocycles. The van der Waals surface area contributed by atoms with Gasteiger partial charge in [0.25, 0.3) is 5.91 Å². The smallest absolute Gasteiger partial charge is 0.254 e. The summed E-state index contributed by atoms with van der Waals surface area (Å²) in [6, 6.07) is 0. The quantitative estimate of drug-likeness (QED) is 0.707. The summed E-state index contributed by atoms with van der Waals surface area (Å²) in [5.74, 6) is -0.198. The van der Waals surface area contributed by atoms with Gasteiger partial charge in [0.05, 0.1) is 17.9 Å². The molecule has 2 N–H and O–H groups in total. The second kappa shape index (κ2) is 4.23. The lowest BCUT2D eigenvalue weighted by Crippen LogP contribution is -2.30. The van der Waals surface area contributed by atoms with Crippen LogP contribution in [0.3, 0.4) is 0 Å². The molecule has 1 aromatic heterocycles. The van der Waals surface area contributed by atoms with Crippen LogP contribution < -0.4 is 5.32 Å². The molecule has 0 saturated heterocycles. The number of nitrogens with zero attached hydrogens (tertiary/aromatic N) is 2. The zero-order chi connectivity index (χ0) is 10.7. The van der Waals surface area contributed by atoms with Crippen LogP contribution in [0.15, 0.2) is 6.20 Å². The molecule has 78 valence electrons. The average molecular weight is 197 g/mol. The van der Waals surface area contributed by atoms with Crippen LogP contribution in [0.1, 0.15) is 23.0 Å². The number of aliphatic hydroxyl groups excluding tert-OH is 1. The second-order valence-corrected chi connectivity index (χ2v) is 3.33. The fourth-order valence-electron chi connectivity index (χ4n) is 1.06. The van der Waals surface area contributed by atoms with E-state index in [9.17, 15) is 4.79 Å². The number of hydrogen-bond donors (Lipinski definition) is 2. The standard InChI is InChI=1S/C9H15N3O2/c1-6(13)4-10-9(14)8-5-11-12(3)7(8)2/h5-6,13H,4H2,1-3H3,(H,10,14)/t6-/m1/s1. The van der Waals surface area contributed by atoms with Crippen LogP contribution >= 0.6 is 0 Å². The predicted octanol–water partition coefficient (Wildman–Crippen LogP) is -0.161. The molecule has 1 rings (SSSR count). The van der Waals surface area contributed by atoms with Crippen LogP contribution in [-0.4, -0.2) is 33.4 Å². The third-order valence-corrected chi connectivity index (χ3v) is 2.04. The van der Waals surface area contributed by atoms with Crippen molar-refractivity contribution >= 4 is 5.91 Å². The fraction of sp³-hybridized carbons (Fsp3) is 0.556. The Morgan fingerprint density at radius 2 is 2.43 bits per heavy atom. The van der Waals surface area contributed by atoms with E-state index < -0.39 is 6.10 Å². The molecule has 0 fully saturated rings. The van der Waals surface area contributed by atoms with Gasteiger partial charge in [-0.15, -0.1) is 0 Å². The number of rotatable bonds is 3. The summed E-state index contributed by atoms with van der Waals surface area (Å²) < 4.78 is 1.64. The molecule has 1 amide bonds. The van der Waals surface area contributed by atoms with E-state index in [0.29, 0.717) is 5.56 Å². The number of carbonyl (C=O) groups excluding carboxylic acids is 1. The Labute approximate surface area is 82.7 Å². The number of aliphatic hydroxyl groups is 1. The molecular weight excluding hydrogens is 182 g/mol. The highest BCUT2D eigenvalue weighted by atomic mass is 16.3. The van der Waals surface area contributed by atoms with Gasteiger partial charge in [-0.25, -0.2) is 0 Å². The van der Waals surface area contributed by atoms with Gasteiger partial charge >= 0.3 is 0 Å². The molecule has 5 heteroatoms. The number of amides is 1. The lowest BCUT2D eigenvalue weighted by Gasteiger charge is -2.06. The Kier molecular flexibility index (Phi) is 3.24. The van der Waals surface area contributed by atoms with Crippen molar-refractivity contribution in [2.75, 3.05) is 6.54 Å². The van der Waals surface area contributed by atoms with Gasteiger partial charge in [0.15, 0.2) is 0 Å². The highest BCUT2D eigenvalue weighted by Gasteiger charge is 2.12. The zero-order valence-corrected chi connectivity index (χ0v) is 8.61. The molecule has 1 aromatic rings. The molecule has 0 aromatic carbocycles. The van der Waals surface area contributed by atoms with E-state index in [1.54, 1.807) is 18.7 Å². The van der Waals surface area contributed by atoms with Crippen molar-refractivity contribution in [3.63, 3.8) is 0 Å². The Morgan fingerprint density at radius 3 is 2.86 bits per heavy atom. The lowest BCUT2D eigenvalue weighted by molar-refractivity contribution is 0.0923. The van der Waals surface area contributed by atoms with E-state index in [0.717, 1.165) is 5.69 Å². The van der Waals surface area contributed by atoms with E-state index in [1.807, 2.05) is 6.92 Å². The first kappa shape index (κ1) is 10.7. The summed E-state index contributed by atoms with van der Waals surface area (Å²) in [5, 5.41) is 15.6. The Balaban J connectivity index is 2.66. The Morgan fingerprint density at radius 1 is 1.79 bits per heavy atom. The Hall–Kier alpha value is -1.36. The Bertz CT molecular complexity index is 331. The number of carbonyl (C=O) groups is 1. The van der Waals surface area contributed by atoms with Crippen molar-refractivity contribution in [2.24, 2.45) is 7.05 Å². The van der Waals surface area contributed by atoms with E-state index in [-0.39, 0.29) is 12.5 Å². The number of nitrogens with one attached hydrogen (secondary N) is 1. The maximum Gasteiger partial charge on any atom is 0.254 e. The zero-order valence-electron chi connectivity index (χ0n) is 8.61. The topological polar surface area (TPSA) is 67.2 Å². The van der Waals surface area contributed by atoms with Gasteiger partial charge in [-0.1, -0.05) is 0 Å². The van der Waals surface area contributed by atoms with Crippen LogP contribution in [0.25, 0.3) is 0 Å². The van der Waals surface area contributed by atoms with Gasteiger partial charge in [-0.2, -0.15) is 5.10 Å². The van der Waals surface area contributed by atoms with Crippen LogP contribution in [0, 0.1) is 6.92 Å². The molecule has 1 atom stereocenters. The summed E-state index contributed by atoms with van der Waals surface area (Å²) in [7, 11) is 1.78. The molecule has 0 bridgehead atoms. The molecule has 0 saturated carbocycles. The summed E-state index contributed by atoms with van der Waals surface area (Å²) >= 11 is 0. The van der Waals surface area contributed by atoms with Crippen molar-refractivity contribution in [1.82, 2.24) is 15.1 Å². The van der Waals surface area contributed by atoms with Crippen LogP contribution in [0.4, 0.5) is 0 Å². The van der Waals surface area contributed by atoms with E-state index in [2.05, 4.69) is 10.4 Å². The molecule has 14 heavy (non-hydrogen) atoms. The van der Waals surface area contributed by atoms with Crippen molar-refractivity contribution < 1.29 is 9.90 Å². The summed E-state index contributed by atoms with van der Waals surface area (Å²) in [4.78, 5) is 11.5. The molecule has 0 aliphatic carbocycles. The van der Waals surface area contributed by atoms with E-state index >= 15 is 0 Å². The normalized spacial score (nSPS) is 12.6. The molecule has 0 radical (unpaired) electrons. The molecule has 0 aliphatic rings. The summed E-state index contributed by atoms with van der Waals surface area (Å²) in [5.41, 5.74) is 1.36. The molecule has 0 spiro atoms. The highest BCUT2D eigenvalue weighted by Crippen LogP contribution is 2.04. The number of aromatic nitrogens is 2. The maximum absolute atomic E-state index is 11.5. The largest absolute Gasteiger partial charge is 0.392 e. The number of aryl methyl sites for hydroxylation is 1. The third kappa shape index (κ3) is 2.32. The second-order valence-electron chi connectivity index (χ2n) is 3.33. The van der Waals surface area contributed by atoms with Crippen molar-refractivity contribution in [2.45, 2.75) is 20.0 Å². The van der Waals surface area contributed by atoms with Crippen molar-refractivity contribution in [3.05, 3.63) is 17.5 Å². The SMILES string of the molecule is Cc1c(C(=O)NC[C@@H](C)O)cnn1C. The van der Waals surface area contributed by atoms with Gasteiger partial charge in [0.1, 0.15) is 0 Å². The first-order valence-electron chi connectivity index (χ1n) is 4.47. The van der Waals surface area contributed by atoms with Crippen LogP contribution in [-0.2, 0) is 7.05 Å². The fourth-order valence-corrected chi connectivity index (χ4v) is 1.06.